The largest absolute Gasteiger partial charge is 0.457 e. The molecule has 3 saturated heterocycles. The Labute approximate surface area is 177 Å². The molecule has 9 aliphatic rings. The molecular weight excluding hydrogens is 382 g/mol. The number of hydrogen-bond acceptors (Lipinski definition) is 6. The molecule has 9 bridgehead atoms. The number of carbonyl (C=O) groups is 1. The third-order valence-corrected chi connectivity index (χ3v) is 11.2. The van der Waals surface area contributed by atoms with Crippen molar-refractivity contribution >= 4 is 5.97 Å². The second kappa shape index (κ2) is 4.70. The summed E-state index contributed by atoms with van der Waals surface area (Å²) in [5.74, 6) is -0.509. The number of fused-ring (bicyclic) bond motifs is 1. The fourth-order valence-corrected chi connectivity index (χ4v) is 10.9. The summed E-state index contributed by atoms with van der Waals surface area (Å²) in [5.41, 5.74) is -2.56. The Bertz CT molecular complexity index is 919. The molecule has 0 aromatic rings. The van der Waals surface area contributed by atoms with E-state index in [0.717, 1.165) is 25.8 Å². The zero-order valence-corrected chi connectivity index (χ0v) is 18.1. The Hall–Kier alpha value is -0.950. The number of aliphatic hydroxyl groups excluding tert-OH is 1. The maximum Gasteiger partial charge on any atom is 0.308 e. The van der Waals surface area contributed by atoms with Crippen LogP contribution in [0.25, 0.3) is 0 Å². The molecule has 3 aliphatic heterocycles. The lowest BCUT2D eigenvalue weighted by atomic mass is 9.38. The minimum atomic E-state index is -1.41. The average molecular weight is 416 g/mol. The van der Waals surface area contributed by atoms with Crippen molar-refractivity contribution in [2.24, 2.45) is 39.9 Å². The zero-order chi connectivity index (χ0) is 21.2. The minimum Gasteiger partial charge on any atom is -0.457 e. The predicted molar refractivity (Wildman–Crippen MR) is 107 cm³/mol. The van der Waals surface area contributed by atoms with Gasteiger partial charge in [-0.05, 0) is 41.6 Å². The topological polar surface area (TPSA) is 90.2 Å². The molecule has 9 fully saturated rings. The number of aliphatic hydroxyl groups is 3. The van der Waals surface area contributed by atoms with Crippen molar-refractivity contribution in [3.63, 3.8) is 0 Å². The maximum absolute atomic E-state index is 12.7. The van der Waals surface area contributed by atoms with Crippen LogP contribution in [-0.2, 0) is 9.53 Å². The highest BCUT2D eigenvalue weighted by Crippen LogP contribution is 2.89. The van der Waals surface area contributed by atoms with Crippen LogP contribution >= 0.6 is 0 Å². The van der Waals surface area contributed by atoms with E-state index in [1.807, 2.05) is 13.8 Å². The fraction of sp³-hybridized carbons (Fsp3) is 0.875. The van der Waals surface area contributed by atoms with Gasteiger partial charge in [-0.2, -0.15) is 0 Å². The van der Waals surface area contributed by atoms with Crippen LogP contribution in [0.4, 0.5) is 0 Å². The van der Waals surface area contributed by atoms with Crippen molar-refractivity contribution in [2.45, 2.75) is 82.5 Å². The Morgan fingerprint density at radius 2 is 2.00 bits per heavy atom. The molecule has 2 unspecified atom stereocenters. The van der Waals surface area contributed by atoms with Gasteiger partial charge in [0.25, 0.3) is 0 Å². The van der Waals surface area contributed by atoms with Crippen molar-refractivity contribution < 1.29 is 24.9 Å². The number of piperidine rings is 2. The van der Waals surface area contributed by atoms with Gasteiger partial charge in [0.15, 0.2) is 0 Å². The minimum absolute atomic E-state index is 0.0469. The van der Waals surface area contributed by atoms with Gasteiger partial charge in [-0.25, -0.2) is 0 Å². The van der Waals surface area contributed by atoms with Gasteiger partial charge in [-0.3, -0.25) is 9.69 Å². The summed E-state index contributed by atoms with van der Waals surface area (Å²) in [7, 11) is 0. The van der Waals surface area contributed by atoms with Gasteiger partial charge in [-0.15, -0.1) is 0 Å². The molecule has 6 nitrogen and oxygen atoms in total. The van der Waals surface area contributed by atoms with Crippen LogP contribution in [0.5, 0.6) is 0 Å². The number of ether oxygens (including phenoxy) is 1. The Balaban J connectivity index is 1.47. The maximum atomic E-state index is 12.7. The van der Waals surface area contributed by atoms with Crippen molar-refractivity contribution in [3.8, 4) is 0 Å². The number of rotatable bonds is 2. The van der Waals surface area contributed by atoms with Crippen LogP contribution in [0, 0.1) is 39.9 Å². The van der Waals surface area contributed by atoms with Gasteiger partial charge in [0.05, 0.1) is 12.0 Å². The molecule has 0 amide bonds. The first-order valence-electron chi connectivity index (χ1n) is 11.8. The van der Waals surface area contributed by atoms with E-state index in [2.05, 4.69) is 18.4 Å². The molecule has 3 heterocycles. The molecule has 2 spiro atoms. The number of carbonyl (C=O) groups excluding carboxylic acids is 1. The lowest BCUT2D eigenvalue weighted by molar-refractivity contribution is -0.303. The quantitative estimate of drug-likeness (QED) is 0.467. The molecule has 9 rings (SSSR count). The molecule has 0 aromatic carbocycles. The van der Waals surface area contributed by atoms with Crippen molar-refractivity contribution in [1.82, 2.24) is 4.90 Å². The predicted octanol–water partition coefficient (Wildman–Crippen LogP) is 1.43. The van der Waals surface area contributed by atoms with E-state index in [4.69, 9.17) is 4.74 Å². The normalized spacial score (nSPS) is 65.7. The van der Waals surface area contributed by atoms with E-state index < -0.39 is 28.9 Å². The van der Waals surface area contributed by atoms with E-state index in [-0.39, 0.29) is 46.5 Å². The lowest BCUT2D eigenvalue weighted by Crippen LogP contribution is -2.77. The highest BCUT2D eigenvalue weighted by Gasteiger charge is 2.95. The summed E-state index contributed by atoms with van der Waals surface area (Å²) >= 11 is 0. The van der Waals surface area contributed by atoms with E-state index in [1.165, 1.54) is 0 Å². The summed E-state index contributed by atoms with van der Waals surface area (Å²) < 4.78 is 6.09. The van der Waals surface area contributed by atoms with Crippen LogP contribution in [0.15, 0.2) is 12.2 Å². The molecular formula is C24H33NO5. The summed E-state index contributed by atoms with van der Waals surface area (Å²) in [6, 6.07) is 0.150. The molecule has 6 aliphatic carbocycles. The third-order valence-electron chi connectivity index (χ3n) is 11.2. The molecule has 164 valence electrons. The number of esters is 1. The van der Waals surface area contributed by atoms with Gasteiger partial charge in [0.1, 0.15) is 17.4 Å². The van der Waals surface area contributed by atoms with Crippen molar-refractivity contribution in [1.29, 1.82) is 0 Å². The molecule has 0 aromatic heterocycles. The standard InChI is InChI=1S/C24H33NO5/c1-11(2)18(27)30-17-12(3)23(28)8-13-15-21-7-5-6-20(4)10-25(15)24(29,19(20)21)9-22(13,17)14(21)16(23)26/h11,13-17,19,26,28-29H,3,5-10H2,1-2,4H3/t13-,14-,15+,16+,17+,19+,20-,21-,22+,23-,24?/m0/s1. The molecule has 12 atom stereocenters. The Morgan fingerprint density at radius 3 is 2.70 bits per heavy atom. The van der Waals surface area contributed by atoms with Crippen LogP contribution < -0.4 is 0 Å². The van der Waals surface area contributed by atoms with Crippen LogP contribution in [0.3, 0.4) is 0 Å². The van der Waals surface area contributed by atoms with Gasteiger partial charge in [0, 0.05) is 36.3 Å². The first kappa shape index (κ1) is 18.6. The van der Waals surface area contributed by atoms with Gasteiger partial charge in [-0.1, -0.05) is 33.8 Å². The van der Waals surface area contributed by atoms with Crippen molar-refractivity contribution in [2.75, 3.05) is 6.54 Å². The second-order valence-electron chi connectivity index (χ2n) is 12.4. The van der Waals surface area contributed by atoms with Gasteiger partial charge in [0.2, 0.25) is 0 Å². The SMILES string of the molecule is C=C1[C@@H](OC(=O)C(C)C)[C@@]23CC4(O)[C@@H]5[C@@]6(C)CCC[C@@]57[C@@H]2[C@@H](O)[C@]1(O)C[C@H]3[C@H]7N4C6. The van der Waals surface area contributed by atoms with E-state index in [1.54, 1.807) is 0 Å². The monoisotopic (exact) mass is 415 g/mol. The highest BCUT2D eigenvalue weighted by atomic mass is 16.5. The molecule has 6 heteroatoms. The summed E-state index contributed by atoms with van der Waals surface area (Å²) in [6.07, 6.45) is 2.60. The molecule has 0 radical (unpaired) electrons. The Morgan fingerprint density at radius 1 is 1.27 bits per heavy atom. The van der Waals surface area contributed by atoms with Crippen LogP contribution in [0.2, 0.25) is 0 Å². The zero-order valence-electron chi connectivity index (χ0n) is 18.1. The average Bonchev–Trinajstić information content (AvgIpc) is 3.03. The lowest BCUT2D eigenvalue weighted by Gasteiger charge is -2.69. The fourth-order valence-electron chi connectivity index (χ4n) is 10.9. The highest BCUT2D eigenvalue weighted by molar-refractivity contribution is 5.72. The van der Waals surface area contributed by atoms with E-state index >= 15 is 0 Å². The molecule has 30 heavy (non-hydrogen) atoms. The molecule has 3 N–H and O–H groups in total. The summed E-state index contributed by atoms with van der Waals surface area (Å²) in [5, 5.41) is 35.6. The number of hydrogen-bond donors (Lipinski definition) is 3. The Kier molecular flexibility index (Phi) is 2.92. The third kappa shape index (κ3) is 1.44. The second-order valence-corrected chi connectivity index (χ2v) is 12.4. The van der Waals surface area contributed by atoms with Crippen LogP contribution in [-0.4, -0.2) is 62.3 Å². The van der Waals surface area contributed by atoms with Gasteiger partial charge < -0.3 is 20.1 Å². The van der Waals surface area contributed by atoms with Gasteiger partial charge >= 0.3 is 5.97 Å². The first-order chi connectivity index (χ1) is 14.0. The smallest absolute Gasteiger partial charge is 0.308 e. The number of nitrogens with zero attached hydrogens (tertiary/aromatic N) is 1. The van der Waals surface area contributed by atoms with E-state index in [0.29, 0.717) is 18.4 Å². The van der Waals surface area contributed by atoms with Crippen LogP contribution in [0.1, 0.15) is 52.9 Å². The molecule has 6 saturated carbocycles. The van der Waals surface area contributed by atoms with E-state index in [9.17, 15) is 20.1 Å². The van der Waals surface area contributed by atoms with Crippen molar-refractivity contribution in [3.05, 3.63) is 12.2 Å². The summed E-state index contributed by atoms with van der Waals surface area (Å²) in [6.45, 7) is 11.0. The summed E-state index contributed by atoms with van der Waals surface area (Å²) in [4.78, 5) is 15.1. The first-order valence-corrected chi connectivity index (χ1v) is 11.8.